The van der Waals surface area contributed by atoms with E-state index < -0.39 is 0 Å². The van der Waals surface area contributed by atoms with Gasteiger partial charge >= 0.3 is 0 Å². The number of para-hydroxylation sites is 1. The number of benzene rings is 2. The van der Waals surface area contributed by atoms with E-state index in [0.29, 0.717) is 44.0 Å². The maximum absolute atomic E-state index is 13.3. The van der Waals surface area contributed by atoms with Crippen LogP contribution >= 0.6 is 0 Å². The van der Waals surface area contributed by atoms with E-state index in [0.717, 1.165) is 38.5 Å². The monoisotopic (exact) mass is 450 g/mol. The van der Waals surface area contributed by atoms with Gasteiger partial charge < -0.3 is 14.5 Å². The third kappa shape index (κ3) is 7.08. The summed E-state index contributed by atoms with van der Waals surface area (Å²) in [7, 11) is 0. The molecule has 0 bridgehead atoms. The number of nitrogens with zero attached hydrogens (tertiary/aromatic N) is 2. The van der Waals surface area contributed by atoms with Gasteiger partial charge in [0.05, 0.1) is 11.6 Å². The van der Waals surface area contributed by atoms with Crippen molar-refractivity contribution in [1.82, 2.24) is 9.80 Å². The van der Waals surface area contributed by atoms with E-state index in [2.05, 4.69) is 19.1 Å². The second-order valence-electron chi connectivity index (χ2n) is 8.79. The number of rotatable bonds is 7. The zero-order valence-electron chi connectivity index (χ0n) is 20.2. The van der Waals surface area contributed by atoms with Gasteiger partial charge in [-0.25, -0.2) is 0 Å². The Bertz CT molecular complexity index is 884. The summed E-state index contributed by atoms with van der Waals surface area (Å²) in [5, 5.41) is 0. The summed E-state index contributed by atoms with van der Waals surface area (Å²) in [5.41, 5.74) is 1.78. The molecule has 0 fully saturated rings. The summed E-state index contributed by atoms with van der Waals surface area (Å²) in [4.78, 5) is 30.4. The largest absolute Gasteiger partial charge is 0.491 e. The van der Waals surface area contributed by atoms with E-state index in [4.69, 9.17) is 4.74 Å². The van der Waals surface area contributed by atoms with Crippen molar-refractivity contribution >= 4 is 11.8 Å². The van der Waals surface area contributed by atoms with Crippen LogP contribution in [0.15, 0.2) is 54.6 Å². The highest BCUT2D eigenvalue weighted by molar-refractivity contribution is 5.96. The van der Waals surface area contributed by atoms with Gasteiger partial charge in [-0.05, 0) is 50.3 Å². The van der Waals surface area contributed by atoms with Crippen molar-refractivity contribution in [2.45, 2.75) is 64.8 Å². The lowest BCUT2D eigenvalue weighted by molar-refractivity contribution is -0.134. The van der Waals surface area contributed by atoms with Gasteiger partial charge in [0.15, 0.2) is 0 Å². The normalized spacial score (nSPS) is 17.5. The van der Waals surface area contributed by atoms with Crippen molar-refractivity contribution in [2.24, 2.45) is 0 Å². The molecule has 0 radical (unpaired) electrons. The number of carbonyl (C=O) groups is 2. The highest BCUT2D eigenvalue weighted by Crippen LogP contribution is 2.23. The zero-order chi connectivity index (χ0) is 23.5. The molecule has 2 aromatic carbocycles. The fourth-order valence-corrected chi connectivity index (χ4v) is 4.44. The number of hydrogen-bond acceptors (Lipinski definition) is 3. The van der Waals surface area contributed by atoms with E-state index in [1.165, 1.54) is 5.56 Å². The van der Waals surface area contributed by atoms with Gasteiger partial charge in [-0.3, -0.25) is 9.59 Å². The molecular weight excluding hydrogens is 412 g/mol. The van der Waals surface area contributed by atoms with Crippen molar-refractivity contribution < 1.29 is 14.3 Å². The fourth-order valence-electron chi connectivity index (χ4n) is 4.44. The van der Waals surface area contributed by atoms with E-state index >= 15 is 0 Å². The van der Waals surface area contributed by atoms with Crippen LogP contribution in [0, 0.1) is 0 Å². The predicted molar refractivity (Wildman–Crippen MR) is 133 cm³/mol. The Hall–Kier alpha value is -2.82. The minimum absolute atomic E-state index is 0.0146. The third-order valence-corrected chi connectivity index (χ3v) is 6.36. The third-order valence-electron chi connectivity index (χ3n) is 6.36. The molecule has 1 heterocycles. The lowest BCUT2D eigenvalue weighted by atomic mass is 10.0. The van der Waals surface area contributed by atoms with Crippen molar-refractivity contribution in [1.29, 1.82) is 0 Å². The van der Waals surface area contributed by atoms with Crippen LogP contribution in [0.2, 0.25) is 0 Å². The average molecular weight is 451 g/mol. The van der Waals surface area contributed by atoms with Gasteiger partial charge in [-0.2, -0.15) is 0 Å². The van der Waals surface area contributed by atoms with Gasteiger partial charge in [0.1, 0.15) is 12.4 Å². The summed E-state index contributed by atoms with van der Waals surface area (Å²) in [6.45, 7) is 6.57. The number of hydrogen-bond donors (Lipinski definition) is 0. The molecule has 1 aliphatic rings. The van der Waals surface area contributed by atoms with Gasteiger partial charge in [-0.15, -0.1) is 0 Å². The number of amides is 2. The maximum atomic E-state index is 13.3. The summed E-state index contributed by atoms with van der Waals surface area (Å²) in [6, 6.07) is 17.7. The van der Waals surface area contributed by atoms with Crippen molar-refractivity contribution in [3.05, 3.63) is 65.7 Å². The summed E-state index contributed by atoms with van der Waals surface area (Å²) >= 11 is 0. The Balaban J connectivity index is 1.89. The number of fused-ring (bicyclic) bond motifs is 1. The number of ether oxygens (including phenoxy) is 1. The van der Waals surface area contributed by atoms with Crippen molar-refractivity contribution in [3.63, 3.8) is 0 Å². The van der Waals surface area contributed by atoms with Crippen LogP contribution in [0.3, 0.4) is 0 Å². The first-order chi connectivity index (χ1) is 16.1. The molecule has 0 N–H and O–H groups in total. The Morgan fingerprint density at radius 2 is 1.70 bits per heavy atom. The Labute approximate surface area is 198 Å². The van der Waals surface area contributed by atoms with Crippen LogP contribution in [0.1, 0.15) is 68.3 Å². The molecule has 0 saturated heterocycles. The molecule has 2 aromatic rings. The van der Waals surface area contributed by atoms with Crippen LogP contribution in [-0.4, -0.2) is 53.9 Å². The molecular formula is C28H38N2O3. The first kappa shape index (κ1) is 24.8. The molecule has 0 aliphatic carbocycles. The Kier molecular flexibility index (Phi) is 9.79. The van der Waals surface area contributed by atoms with E-state index in [-0.39, 0.29) is 17.9 Å². The summed E-state index contributed by atoms with van der Waals surface area (Å²) in [5.74, 6) is 0.820. The van der Waals surface area contributed by atoms with Crippen LogP contribution in [-0.2, 0) is 11.2 Å². The fraction of sp³-hybridized carbons (Fsp3) is 0.500. The lowest BCUT2D eigenvalue weighted by Crippen LogP contribution is -2.46. The molecule has 0 saturated carbocycles. The average Bonchev–Trinajstić information content (AvgIpc) is 2.84. The zero-order valence-corrected chi connectivity index (χ0v) is 20.2. The highest BCUT2D eigenvalue weighted by atomic mass is 16.5. The van der Waals surface area contributed by atoms with Crippen LogP contribution in [0.25, 0.3) is 0 Å². The minimum atomic E-state index is -0.0774. The van der Waals surface area contributed by atoms with E-state index in [9.17, 15) is 9.59 Å². The van der Waals surface area contributed by atoms with Gasteiger partial charge in [0, 0.05) is 26.1 Å². The molecule has 5 nitrogen and oxygen atoms in total. The second kappa shape index (κ2) is 13.0. The molecule has 5 heteroatoms. The molecule has 1 atom stereocenters. The van der Waals surface area contributed by atoms with Crippen molar-refractivity contribution in [2.75, 3.05) is 26.2 Å². The standard InChI is InChI=1S/C28H38N2O3/c1-3-5-7-18-27(31)30-20-13-12-19-29(4-2)28(32)25-16-10-11-17-26(25)33-22-24(30)21-23-14-8-6-9-15-23/h6,8-11,14-17,24H,3-5,7,12-13,18-22H2,1-2H3/t24-/m0/s1. The van der Waals surface area contributed by atoms with E-state index in [1.807, 2.05) is 59.2 Å². The molecule has 3 rings (SSSR count). The van der Waals surface area contributed by atoms with Crippen LogP contribution in [0.5, 0.6) is 5.75 Å². The predicted octanol–water partition coefficient (Wildman–Crippen LogP) is 5.34. The first-order valence-electron chi connectivity index (χ1n) is 12.5. The summed E-state index contributed by atoms with van der Waals surface area (Å²) in [6.07, 6.45) is 6.15. The Morgan fingerprint density at radius 3 is 2.45 bits per heavy atom. The Morgan fingerprint density at radius 1 is 0.970 bits per heavy atom. The van der Waals surface area contributed by atoms with E-state index in [1.54, 1.807) is 0 Å². The van der Waals surface area contributed by atoms with Gasteiger partial charge in [0.2, 0.25) is 5.91 Å². The molecule has 178 valence electrons. The smallest absolute Gasteiger partial charge is 0.257 e. The molecule has 2 amide bonds. The molecule has 1 aliphatic heterocycles. The van der Waals surface area contributed by atoms with Gasteiger partial charge in [0.25, 0.3) is 5.91 Å². The van der Waals surface area contributed by atoms with Crippen molar-refractivity contribution in [3.8, 4) is 5.75 Å². The maximum Gasteiger partial charge on any atom is 0.257 e. The first-order valence-corrected chi connectivity index (χ1v) is 12.5. The topological polar surface area (TPSA) is 49.9 Å². The molecule has 33 heavy (non-hydrogen) atoms. The lowest BCUT2D eigenvalue weighted by Gasteiger charge is -2.33. The van der Waals surface area contributed by atoms with Crippen LogP contribution < -0.4 is 4.74 Å². The van der Waals surface area contributed by atoms with Crippen LogP contribution in [0.4, 0.5) is 0 Å². The molecule has 0 spiro atoms. The van der Waals surface area contributed by atoms with Gasteiger partial charge in [-0.1, -0.05) is 62.2 Å². The molecule has 0 unspecified atom stereocenters. The summed E-state index contributed by atoms with van der Waals surface area (Å²) < 4.78 is 6.27. The minimum Gasteiger partial charge on any atom is -0.491 e. The quantitative estimate of drug-likeness (QED) is 0.535. The number of unbranched alkanes of at least 4 members (excludes halogenated alkanes) is 2. The molecule has 0 aromatic heterocycles. The number of carbonyl (C=O) groups excluding carboxylic acids is 2. The second-order valence-corrected chi connectivity index (χ2v) is 8.79. The SMILES string of the molecule is CCCCCC(=O)N1CCCCN(CC)C(=O)c2ccccc2OC[C@@H]1Cc1ccccc1. The highest BCUT2D eigenvalue weighted by Gasteiger charge is 2.26.